The summed E-state index contributed by atoms with van der Waals surface area (Å²) in [5, 5.41) is 42.6. The van der Waals surface area contributed by atoms with Crippen molar-refractivity contribution in [1.82, 2.24) is 41.2 Å². The second-order valence-corrected chi connectivity index (χ2v) is 16.7. The van der Waals surface area contributed by atoms with Crippen LogP contribution in [0.1, 0.15) is 60.4 Å². The second-order valence-electron chi connectivity index (χ2n) is 14.2. The van der Waals surface area contributed by atoms with Crippen LogP contribution in [0.15, 0.2) is 24.8 Å². The number of aldehydes is 1. The number of aliphatic carboxylic acids is 4. The number of hydrogen-bond donors (Lipinski definition) is 10. The third kappa shape index (κ3) is 23.4. The number of nitrogens with one attached hydrogen (secondary N) is 4. The average Bonchev–Trinajstić information content (AvgIpc) is 3.24. The standard InChI is InChI=1S/C36H44F6N10O15S2/c37-35(38,39)66-27-9-45-7-20(50-27)23(68-13-22(31(61)48-12-30(59)60)49-25(55)3-1-18(43)32(62)63)5-17(54)6-24(21-8-46-10-28(51-21)67-36(40,41)42)69-16-34(15-53,14-47-11-29(57)58)52-26(56)4-2-19(44)33(64)65/h7-10,15,18-19,22-24,47H,1-6,11-14,16,43-44H2,(H,48,61)(H,49,55)(H,52,56)(H,57,58)(H,59,60)(H,62,63)(H,64,65)/t18-,19+,22-,23?,24?,34+/m0/s1. The smallest absolute Gasteiger partial charge is 0.480 e. The zero-order valence-corrected chi connectivity index (χ0v) is 37.0. The van der Waals surface area contributed by atoms with E-state index in [1.165, 1.54) is 0 Å². The molecule has 0 saturated heterocycles. The number of halogens is 6. The molecular weight excluding hydrogens is 991 g/mol. The van der Waals surface area contributed by atoms with Crippen LogP contribution < -0.4 is 42.2 Å². The van der Waals surface area contributed by atoms with Crippen molar-refractivity contribution in [2.24, 2.45) is 11.5 Å². The van der Waals surface area contributed by atoms with Gasteiger partial charge >= 0.3 is 36.6 Å². The largest absolute Gasteiger partial charge is 0.574 e. The third-order valence-corrected chi connectivity index (χ3v) is 11.4. The van der Waals surface area contributed by atoms with Gasteiger partial charge in [-0.05, 0) is 12.8 Å². The number of thioether (sulfide) groups is 2. The summed E-state index contributed by atoms with van der Waals surface area (Å²) in [5.41, 5.74) is 7.97. The van der Waals surface area contributed by atoms with Crippen molar-refractivity contribution in [2.45, 2.75) is 85.4 Å². The van der Waals surface area contributed by atoms with Crippen LogP contribution in [0.4, 0.5) is 26.3 Å². The molecule has 2 aromatic heterocycles. The highest BCUT2D eigenvalue weighted by molar-refractivity contribution is 7.99. The minimum absolute atomic E-state index is 0.168. The topological polar surface area (TPSA) is 405 Å². The summed E-state index contributed by atoms with van der Waals surface area (Å²) in [7, 11) is 0. The van der Waals surface area contributed by atoms with Crippen molar-refractivity contribution < 1.29 is 99.4 Å². The first kappa shape index (κ1) is 58.7. The molecule has 3 amide bonds. The summed E-state index contributed by atoms with van der Waals surface area (Å²) in [4.78, 5) is 125. The number of nitrogens with zero attached hydrogens (tertiary/aromatic N) is 4. The van der Waals surface area contributed by atoms with E-state index in [4.69, 9.17) is 26.8 Å². The minimum Gasteiger partial charge on any atom is -0.480 e. The summed E-state index contributed by atoms with van der Waals surface area (Å²) < 4.78 is 87.0. The fourth-order valence-electron chi connectivity index (χ4n) is 5.35. The molecule has 2 aromatic rings. The zero-order chi connectivity index (χ0) is 52.1. The maximum absolute atomic E-state index is 14.1. The number of rotatable bonds is 32. The van der Waals surface area contributed by atoms with Gasteiger partial charge in [0.05, 0.1) is 40.8 Å². The number of carbonyl (C=O) groups is 9. The Bertz CT molecular complexity index is 2150. The van der Waals surface area contributed by atoms with Crippen molar-refractivity contribution in [3.8, 4) is 11.8 Å². The predicted molar refractivity (Wildman–Crippen MR) is 222 cm³/mol. The fraction of sp³-hybridized carbons (Fsp3) is 0.528. The van der Waals surface area contributed by atoms with Gasteiger partial charge in [-0.3, -0.25) is 48.3 Å². The molecule has 0 aliphatic rings. The van der Waals surface area contributed by atoms with E-state index >= 15 is 0 Å². The summed E-state index contributed by atoms with van der Waals surface area (Å²) in [6.45, 7) is -2.37. The maximum Gasteiger partial charge on any atom is 0.574 e. The Kier molecular flexibility index (Phi) is 23.4. The number of aromatic nitrogens is 4. The van der Waals surface area contributed by atoms with Crippen LogP contribution in [0, 0.1) is 0 Å². The van der Waals surface area contributed by atoms with Gasteiger partial charge < -0.3 is 67.4 Å². The van der Waals surface area contributed by atoms with Crippen LogP contribution in [-0.2, 0) is 43.2 Å². The highest BCUT2D eigenvalue weighted by Crippen LogP contribution is 2.38. The lowest BCUT2D eigenvalue weighted by Crippen LogP contribution is -2.58. The number of carboxylic acids is 4. The molecule has 69 heavy (non-hydrogen) atoms. The summed E-state index contributed by atoms with van der Waals surface area (Å²) >= 11 is 1.16. The number of carbonyl (C=O) groups excluding carboxylic acids is 5. The van der Waals surface area contributed by atoms with Gasteiger partial charge in [0.2, 0.25) is 29.5 Å². The predicted octanol–water partition coefficient (Wildman–Crippen LogP) is -0.540. The highest BCUT2D eigenvalue weighted by Gasteiger charge is 2.37. The Labute approximate surface area is 393 Å². The molecule has 0 fully saturated rings. The van der Waals surface area contributed by atoms with Crippen molar-refractivity contribution in [3.63, 3.8) is 0 Å². The van der Waals surface area contributed by atoms with Crippen LogP contribution in [0.25, 0.3) is 0 Å². The molecule has 25 nitrogen and oxygen atoms in total. The molecule has 6 atom stereocenters. The first-order valence-corrected chi connectivity index (χ1v) is 21.6. The Hall–Kier alpha value is -6.45. The molecule has 0 aliphatic heterocycles. The molecule has 2 rings (SSSR count). The van der Waals surface area contributed by atoms with Gasteiger partial charge in [-0.1, -0.05) is 0 Å². The van der Waals surface area contributed by atoms with Gasteiger partial charge in [0.25, 0.3) is 0 Å². The van der Waals surface area contributed by atoms with Crippen LogP contribution in [0.2, 0.25) is 0 Å². The normalized spacial score (nSPS) is 14.6. The number of hydrogen-bond acceptors (Lipinski definition) is 20. The van der Waals surface area contributed by atoms with Crippen LogP contribution >= 0.6 is 23.5 Å². The molecule has 0 aliphatic carbocycles. The Morgan fingerprint density at radius 2 is 1.19 bits per heavy atom. The van der Waals surface area contributed by atoms with Crippen molar-refractivity contribution in [1.29, 1.82) is 0 Å². The molecule has 0 radical (unpaired) electrons. The van der Waals surface area contributed by atoms with Gasteiger partial charge in [0.15, 0.2) is 0 Å². The van der Waals surface area contributed by atoms with E-state index in [1.54, 1.807) is 0 Å². The molecule has 12 N–H and O–H groups in total. The van der Waals surface area contributed by atoms with Gasteiger partial charge in [0, 0.05) is 56.1 Å². The van der Waals surface area contributed by atoms with E-state index in [1.807, 2.05) is 5.32 Å². The quantitative estimate of drug-likeness (QED) is 0.0325. The van der Waals surface area contributed by atoms with Crippen molar-refractivity contribution in [2.75, 3.05) is 31.1 Å². The molecule has 0 aromatic carbocycles. The Morgan fingerprint density at radius 1 is 0.710 bits per heavy atom. The lowest BCUT2D eigenvalue weighted by Gasteiger charge is -2.31. The van der Waals surface area contributed by atoms with Gasteiger partial charge in [-0.2, -0.15) is 0 Å². The minimum atomic E-state index is -5.30. The van der Waals surface area contributed by atoms with Crippen LogP contribution in [0.3, 0.4) is 0 Å². The van der Waals surface area contributed by atoms with Crippen LogP contribution in [-0.4, -0.2) is 162 Å². The number of ether oxygens (including phenoxy) is 2. The van der Waals surface area contributed by atoms with Gasteiger partial charge in [0.1, 0.15) is 42.3 Å². The van der Waals surface area contributed by atoms with Gasteiger partial charge in [-0.15, -0.1) is 49.9 Å². The SMILES string of the molecule is N[C@H](CCC(=O)N[C@@](C=O)(CNCC(=O)O)CSC(CC(=O)CC(SC[C@H](NC(=O)CC[C@H](N)C(=O)O)C(=O)NCC(=O)O)c1cncc(OC(F)(F)F)n1)c1cncc(OC(F)(F)F)n1)C(=O)O. The fourth-order valence-corrected chi connectivity index (χ4v) is 7.93. The Balaban J connectivity index is 2.63. The number of ketones is 1. The summed E-state index contributed by atoms with van der Waals surface area (Å²) in [6.07, 6.45) is -11.1. The molecule has 2 heterocycles. The monoisotopic (exact) mass is 1030 g/mol. The van der Waals surface area contributed by atoms with E-state index in [0.717, 1.165) is 12.4 Å². The molecule has 0 saturated carbocycles. The van der Waals surface area contributed by atoms with E-state index in [2.05, 4.69) is 45.4 Å². The van der Waals surface area contributed by atoms with E-state index in [-0.39, 0.29) is 6.29 Å². The molecule has 2 unspecified atom stereocenters. The molecule has 0 spiro atoms. The third-order valence-electron chi connectivity index (χ3n) is 8.59. The van der Waals surface area contributed by atoms with Crippen molar-refractivity contribution >= 4 is 77.2 Å². The molecule has 33 heteroatoms. The van der Waals surface area contributed by atoms with Crippen molar-refractivity contribution in [3.05, 3.63) is 36.2 Å². The number of carboxylic acid groups (broad SMARTS) is 4. The lowest BCUT2D eigenvalue weighted by molar-refractivity contribution is -0.277. The summed E-state index contributed by atoms with van der Waals surface area (Å²) in [6, 6.07) is -4.70. The average molecular weight is 1030 g/mol. The molecular formula is C36H44F6N10O15S2. The van der Waals surface area contributed by atoms with E-state index in [9.17, 15) is 74.6 Å². The maximum atomic E-state index is 14.1. The Morgan fingerprint density at radius 3 is 1.64 bits per heavy atom. The number of Topliss-reactive ketones (excluding diaryl/α,β-unsaturated/α-hetero) is 1. The zero-order valence-electron chi connectivity index (χ0n) is 35.4. The van der Waals surface area contributed by atoms with E-state index < -0.39 is 187 Å². The number of nitrogens with two attached hydrogens (primary N) is 2. The first-order chi connectivity index (χ1) is 32.1. The highest BCUT2D eigenvalue weighted by atomic mass is 32.2. The number of amides is 3. The summed E-state index contributed by atoms with van der Waals surface area (Å²) in [5.74, 6) is -13.3. The second kappa shape index (κ2) is 27.5. The van der Waals surface area contributed by atoms with Gasteiger partial charge in [-0.25, -0.2) is 9.97 Å². The van der Waals surface area contributed by atoms with E-state index in [0.29, 0.717) is 35.9 Å². The van der Waals surface area contributed by atoms with Crippen LogP contribution in [0.5, 0.6) is 11.8 Å². The number of alkyl halides is 6. The molecule has 0 bridgehead atoms. The molecule has 382 valence electrons. The lowest BCUT2D eigenvalue weighted by atomic mass is 10.0. The first-order valence-electron chi connectivity index (χ1n) is 19.5.